The lowest BCUT2D eigenvalue weighted by Gasteiger charge is -2.34. The van der Waals surface area contributed by atoms with Gasteiger partial charge in [-0.1, -0.05) is 11.6 Å². The molecule has 0 spiro atoms. The van der Waals surface area contributed by atoms with E-state index in [0.29, 0.717) is 18.9 Å². The minimum absolute atomic E-state index is 0.227. The number of aryl methyl sites for hydroxylation is 1. The summed E-state index contributed by atoms with van der Waals surface area (Å²) in [5.74, 6) is 1.83. The van der Waals surface area contributed by atoms with Crippen LogP contribution < -0.4 is 15.8 Å². The molecule has 1 unspecified atom stereocenters. The molecule has 2 rings (SSSR count). The smallest absolute Gasteiger partial charge is 0.217 e. The van der Waals surface area contributed by atoms with E-state index in [9.17, 15) is 4.79 Å². The van der Waals surface area contributed by atoms with Crippen LogP contribution in [0.5, 0.6) is 5.75 Å². The molecule has 1 aromatic rings. The molecule has 0 aromatic heterocycles. The van der Waals surface area contributed by atoms with E-state index >= 15 is 0 Å². The van der Waals surface area contributed by atoms with Gasteiger partial charge in [0.15, 0.2) is 5.96 Å². The number of halogens is 1. The number of aliphatic imine (C=N–C) groups is 1. The minimum Gasteiger partial charge on any atom is -0.493 e. The Morgan fingerprint density at radius 2 is 2.31 bits per heavy atom. The molecule has 0 radical (unpaired) electrons. The lowest BCUT2D eigenvalue weighted by Crippen LogP contribution is -2.47. The summed E-state index contributed by atoms with van der Waals surface area (Å²) in [5.41, 5.74) is 6.37. The molecule has 6 nitrogen and oxygen atoms in total. The third kappa shape index (κ3) is 6.41. The van der Waals surface area contributed by atoms with E-state index < -0.39 is 0 Å². The molecule has 1 fully saturated rings. The van der Waals surface area contributed by atoms with Crippen LogP contribution in [0, 0.1) is 12.8 Å². The van der Waals surface area contributed by atoms with Crippen LogP contribution >= 0.6 is 11.6 Å². The second-order valence-electron chi connectivity index (χ2n) is 6.71. The second kappa shape index (κ2) is 10.3. The van der Waals surface area contributed by atoms with Gasteiger partial charge in [-0.05, 0) is 55.9 Å². The van der Waals surface area contributed by atoms with Crippen molar-refractivity contribution >= 4 is 23.5 Å². The van der Waals surface area contributed by atoms with Gasteiger partial charge in [0, 0.05) is 38.1 Å². The van der Waals surface area contributed by atoms with Crippen molar-refractivity contribution in [3.63, 3.8) is 0 Å². The summed E-state index contributed by atoms with van der Waals surface area (Å²) >= 11 is 5.95. The van der Waals surface area contributed by atoms with Gasteiger partial charge in [0.1, 0.15) is 5.75 Å². The highest BCUT2D eigenvalue weighted by Gasteiger charge is 2.23. The molecule has 3 N–H and O–H groups in total. The van der Waals surface area contributed by atoms with Crippen LogP contribution in [0.1, 0.15) is 31.2 Å². The standard InChI is InChI=1S/C19H29ClN4O2/c1-14-11-16(20)6-7-17(14)26-10-4-8-23-19(22-2)24-9-3-5-15(13-24)12-18(21)25/h6-7,11,15H,3-5,8-10,12-13H2,1-2H3,(H2,21,25)(H,22,23). The Kier molecular flexibility index (Phi) is 8.04. The normalized spacial score (nSPS) is 17.9. The van der Waals surface area contributed by atoms with Crippen molar-refractivity contribution in [3.05, 3.63) is 28.8 Å². The Morgan fingerprint density at radius 3 is 3.00 bits per heavy atom. The van der Waals surface area contributed by atoms with Gasteiger partial charge in [-0.15, -0.1) is 0 Å². The quantitative estimate of drug-likeness (QED) is 0.433. The lowest BCUT2D eigenvalue weighted by molar-refractivity contribution is -0.119. The number of likely N-dealkylation sites (tertiary alicyclic amines) is 1. The average molecular weight is 381 g/mol. The number of ether oxygens (including phenoxy) is 1. The van der Waals surface area contributed by atoms with Gasteiger partial charge < -0.3 is 20.7 Å². The molecule has 26 heavy (non-hydrogen) atoms. The van der Waals surface area contributed by atoms with Crippen LogP contribution in [0.3, 0.4) is 0 Å². The van der Waals surface area contributed by atoms with E-state index in [1.54, 1.807) is 7.05 Å². The predicted octanol–water partition coefficient (Wildman–Crippen LogP) is 2.58. The number of primary amides is 1. The molecule has 7 heteroatoms. The molecule has 1 aliphatic heterocycles. The first kappa shape index (κ1) is 20.4. The highest BCUT2D eigenvalue weighted by molar-refractivity contribution is 6.30. The number of nitrogens with two attached hydrogens (primary N) is 1. The van der Waals surface area contributed by atoms with E-state index in [4.69, 9.17) is 22.1 Å². The van der Waals surface area contributed by atoms with E-state index in [0.717, 1.165) is 61.2 Å². The summed E-state index contributed by atoms with van der Waals surface area (Å²) in [5, 5.41) is 4.10. The predicted molar refractivity (Wildman–Crippen MR) is 106 cm³/mol. The molecule has 1 aliphatic rings. The SMILES string of the molecule is CN=C(NCCCOc1ccc(Cl)cc1C)N1CCCC(CC(N)=O)C1. The van der Waals surface area contributed by atoms with Crippen molar-refractivity contribution in [2.75, 3.05) is 33.3 Å². The van der Waals surface area contributed by atoms with Crippen LogP contribution in [-0.2, 0) is 4.79 Å². The van der Waals surface area contributed by atoms with Gasteiger partial charge >= 0.3 is 0 Å². The van der Waals surface area contributed by atoms with Gasteiger partial charge in [-0.25, -0.2) is 0 Å². The molecule has 0 saturated carbocycles. The Balaban J connectivity index is 1.72. The number of amides is 1. The summed E-state index contributed by atoms with van der Waals surface area (Å²) in [6.45, 7) is 5.16. The zero-order valence-electron chi connectivity index (χ0n) is 15.6. The Bertz CT molecular complexity index is 636. The van der Waals surface area contributed by atoms with Crippen molar-refractivity contribution in [1.29, 1.82) is 0 Å². The Morgan fingerprint density at radius 1 is 1.50 bits per heavy atom. The number of carbonyl (C=O) groups is 1. The van der Waals surface area contributed by atoms with E-state index in [1.165, 1.54) is 0 Å². The number of hydrogen-bond donors (Lipinski definition) is 2. The van der Waals surface area contributed by atoms with Gasteiger partial charge in [-0.2, -0.15) is 0 Å². The summed E-state index contributed by atoms with van der Waals surface area (Å²) in [4.78, 5) is 17.7. The molecule has 0 aliphatic carbocycles. The largest absolute Gasteiger partial charge is 0.493 e. The van der Waals surface area contributed by atoms with Crippen molar-refractivity contribution in [1.82, 2.24) is 10.2 Å². The lowest BCUT2D eigenvalue weighted by atomic mass is 9.95. The molecular weight excluding hydrogens is 352 g/mol. The summed E-state index contributed by atoms with van der Waals surface area (Å²) in [7, 11) is 1.79. The van der Waals surface area contributed by atoms with Crippen LogP contribution in [-0.4, -0.2) is 50.1 Å². The highest BCUT2D eigenvalue weighted by atomic mass is 35.5. The number of piperidine rings is 1. The molecule has 1 aromatic carbocycles. The van der Waals surface area contributed by atoms with Crippen molar-refractivity contribution in [3.8, 4) is 5.75 Å². The number of benzene rings is 1. The number of carbonyl (C=O) groups excluding carboxylic acids is 1. The van der Waals surface area contributed by atoms with Crippen molar-refractivity contribution in [2.24, 2.45) is 16.6 Å². The maximum Gasteiger partial charge on any atom is 0.217 e. The zero-order chi connectivity index (χ0) is 18.9. The van der Waals surface area contributed by atoms with E-state index in [2.05, 4.69) is 15.2 Å². The van der Waals surface area contributed by atoms with Crippen LogP contribution in [0.4, 0.5) is 0 Å². The van der Waals surface area contributed by atoms with Crippen LogP contribution in [0.25, 0.3) is 0 Å². The number of guanidine groups is 1. The fraction of sp³-hybridized carbons (Fsp3) is 0.579. The maximum absolute atomic E-state index is 11.2. The topological polar surface area (TPSA) is 80.0 Å². The Labute approximate surface area is 160 Å². The van der Waals surface area contributed by atoms with Gasteiger partial charge in [-0.3, -0.25) is 9.79 Å². The molecular formula is C19H29ClN4O2. The number of hydrogen-bond acceptors (Lipinski definition) is 3. The van der Waals surface area contributed by atoms with Crippen LogP contribution in [0.2, 0.25) is 5.02 Å². The molecule has 144 valence electrons. The zero-order valence-corrected chi connectivity index (χ0v) is 16.4. The first-order chi connectivity index (χ1) is 12.5. The van der Waals surface area contributed by atoms with Gasteiger partial charge in [0.05, 0.1) is 6.61 Å². The van der Waals surface area contributed by atoms with E-state index in [1.807, 2.05) is 25.1 Å². The number of rotatable bonds is 7. The van der Waals surface area contributed by atoms with Crippen LogP contribution in [0.15, 0.2) is 23.2 Å². The fourth-order valence-electron chi connectivity index (χ4n) is 3.27. The van der Waals surface area contributed by atoms with Gasteiger partial charge in [0.2, 0.25) is 5.91 Å². The monoisotopic (exact) mass is 380 g/mol. The summed E-state index contributed by atoms with van der Waals surface area (Å²) in [6.07, 6.45) is 3.41. The van der Waals surface area contributed by atoms with Gasteiger partial charge in [0.25, 0.3) is 0 Å². The highest BCUT2D eigenvalue weighted by Crippen LogP contribution is 2.22. The van der Waals surface area contributed by atoms with Crippen molar-refractivity contribution < 1.29 is 9.53 Å². The molecule has 1 amide bonds. The van der Waals surface area contributed by atoms with E-state index in [-0.39, 0.29) is 5.91 Å². The number of nitrogens with one attached hydrogen (secondary N) is 1. The first-order valence-electron chi connectivity index (χ1n) is 9.12. The Hall–Kier alpha value is -1.95. The fourth-order valence-corrected chi connectivity index (χ4v) is 3.50. The summed E-state index contributed by atoms with van der Waals surface area (Å²) in [6, 6.07) is 5.63. The number of nitrogens with zero attached hydrogens (tertiary/aromatic N) is 2. The third-order valence-electron chi connectivity index (χ3n) is 4.52. The molecule has 1 heterocycles. The minimum atomic E-state index is -0.227. The molecule has 1 saturated heterocycles. The summed E-state index contributed by atoms with van der Waals surface area (Å²) < 4.78 is 5.81. The average Bonchev–Trinajstić information content (AvgIpc) is 2.59. The maximum atomic E-state index is 11.2. The third-order valence-corrected chi connectivity index (χ3v) is 4.75. The second-order valence-corrected chi connectivity index (χ2v) is 7.15. The van der Waals surface area contributed by atoms with Crippen molar-refractivity contribution in [2.45, 2.75) is 32.6 Å². The first-order valence-corrected chi connectivity index (χ1v) is 9.50. The molecule has 0 bridgehead atoms. The molecule has 1 atom stereocenters.